The van der Waals surface area contributed by atoms with Crippen LogP contribution in [0.1, 0.15) is 27.2 Å². The van der Waals surface area contributed by atoms with Gasteiger partial charge in [0.1, 0.15) is 5.92 Å². The van der Waals surface area contributed by atoms with Crippen LogP contribution in [0.25, 0.3) is 0 Å². The summed E-state index contributed by atoms with van der Waals surface area (Å²) >= 11 is 0. The lowest BCUT2D eigenvalue weighted by atomic mass is 9.87. The Hall–Kier alpha value is -1.43. The van der Waals surface area contributed by atoms with Gasteiger partial charge in [-0.25, -0.2) is 4.79 Å². The van der Waals surface area contributed by atoms with Crippen molar-refractivity contribution in [1.29, 1.82) is 0 Å². The zero-order valence-corrected chi connectivity index (χ0v) is 12.5. The second-order valence-electron chi connectivity index (χ2n) is 6.32. The maximum atomic E-state index is 12.5. The Morgan fingerprint density at radius 1 is 1.25 bits per heavy atom. The van der Waals surface area contributed by atoms with Crippen molar-refractivity contribution in [2.45, 2.75) is 33.2 Å². The lowest BCUT2D eigenvalue weighted by Crippen LogP contribution is -2.64. The van der Waals surface area contributed by atoms with E-state index in [4.69, 9.17) is 0 Å². The number of carbonyl (C=O) groups excluding carboxylic acids is 3. The van der Waals surface area contributed by atoms with Gasteiger partial charge in [-0.15, -0.1) is 0 Å². The summed E-state index contributed by atoms with van der Waals surface area (Å²) in [6.45, 7) is 7.40. The Bertz CT molecular complexity index is 435. The zero-order chi connectivity index (χ0) is 15.0. The summed E-state index contributed by atoms with van der Waals surface area (Å²) in [7, 11) is 2.03. The second-order valence-corrected chi connectivity index (χ2v) is 6.32. The largest absolute Gasteiger partial charge is 0.331 e. The maximum absolute atomic E-state index is 12.5. The van der Waals surface area contributed by atoms with Gasteiger partial charge in [0.25, 0.3) is 0 Å². The molecule has 3 unspecified atom stereocenters. The van der Waals surface area contributed by atoms with Crippen molar-refractivity contribution in [1.82, 2.24) is 15.1 Å². The molecule has 0 aromatic carbocycles. The molecule has 0 aromatic heterocycles. The summed E-state index contributed by atoms with van der Waals surface area (Å²) in [6.07, 6.45) is 0.760. The number of likely N-dealkylation sites (tertiary alicyclic amines) is 1. The van der Waals surface area contributed by atoms with Crippen LogP contribution in [0, 0.1) is 17.8 Å². The fourth-order valence-corrected chi connectivity index (χ4v) is 3.23. The topological polar surface area (TPSA) is 69.7 Å². The van der Waals surface area contributed by atoms with Crippen molar-refractivity contribution in [3.8, 4) is 0 Å². The average molecular weight is 281 g/mol. The Balaban J connectivity index is 2.23. The number of imide groups is 2. The van der Waals surface area contributed by atoms with E-state index >= 15 is 0 Å². The van der Waals surface area contributed by atoms with Crippen molar-refractivity contribution < 1.29 is 14.4 Å². The fourth-order valence-electron chi connectivity index (χ4n) is 3.23. The number of urea groups is 1. The third-order valence-corrected chi connectivity index (χ3v) is 4.30. The first kappa shape index (κ1) is 15.0. The number of piperidine rings is 1. The minimum atomic E-state index is -0.750. The van der Waals surface area contributed by atoms with Gasteiger partial charge >= 0.3 is 6.03 Å². The van der Waals surface area contributed by atoms with Crippen molar-refractivity contribution >= 4 is 17.8 Å². The highest BCUT2D eigenvalue weighted by Gasteiger charge is 2.46. The molecule has 20 heavy (non-hydrogen) atoms. The molecule has 112 valence electrons. The van der Waals surface area contributed by atoms with Crippen LogP contribution in [-0.2, 0) is 9.59 Å². The normalized spacial score (nSPS) is 32.8. The summed E-state index contributed by atoms with van der Waals surface area (Å²) in [5.41, 5.74) is 0. The lowest BCUT2D eigenvalue weighted by molar-refractivity contribution is -0.147. The monoisotopic (exact) mass is 281 g/mol. The summed E-state index contributed by atoms with van der Waals surface area (Å²) in [4.78, 5) is 39.9. The highest BCUT2D eigenvalue weighted by atomic mass is 16.2. The van der Waals surface area contributed by atoms with Crippen LogP contribution in [0.5, 0.6) is 0 Å². The number of nitrogens with one attached hydrogen (secondary N) is 1. The number of barbiturate groups is 1. The van der Waals surface area contributed by atoms with Gasteiger partial charge in [-0.1, -0.05) is 20.8 Å². The fraction of sp³-hybridized carbons (Fsp3) is 0.786. The van der Waals surface area contributed by atoms with Crippen LogP contribution >= 0.6 is 0 Å². The van der Waals surface area contributed by atoms with Crippen LogP contribution in [-0.4, -0.2) is 53.8 Å². The Labute approximate surface area is 119 Å². The summed E-state index contributed by atoms with van der Waals surface area (Å²) < 4.78 is 0. The van der Waals surface area contributed by atoms with E-state index in [1.807, 2.05) is 27.8 Å². The third kappa shape index (κ3) is 2.57. The summed E-state index contributed by atoms with van der Waals surface area (Å²) in [6, 6.07) is -0.675. The highest BCUT2D eigenvalue weighted by molar-refractivity contribution is 6.16. The number of carbonyl (C=O) groups is 3. The highest BCUT2D eigenvalue weighted by Crippen LogP contribution is 2.27. The number of hydrogen-bond acceptors (Lipinski definition) is 4. The quantitative estimate of drug-likeness (QED) is 0.756. The van der Waals surface area contributed by atoms with Gasteiger partial charge in [-0.05, 0) is 31.8 Å². The molecular formula is C14H23N3O3. The molecule has 0 aliphatic carbocycles. The van der Waals surface area contributed by atoms with Crippen molar-refractivity contribution in [3.63, 3.8) is 0 Å². The lowest BCUT2D eigenvalue weighted by Gasteiger charge is -2.43. The molecule has 6 heteroatoms. The standard InChI is InChI=1S/C14H23N3O3/c1-8(2)11-12(18)15-14(20)17(13(11)19)10-5-6-16(4)7-9(10)3/h8-11H,5-7H2,1-4H3,(H,15,18,20). The minimum Gasteiger partial charge on any atom is -0.306 e. The number of hydrogen-bond donors (Lipinski definition) is 1. The maximum Gasteiger partial charge on any atom is 0.331 e. The van der Waals surface area contributed by atoms with Gasteiger partial charge in [-0.2, -0.15) is 0 Å². The molecule has 2 rings (SSSR count). The summed E-state index contributed by atoms with van der Waals surface area (Å²) in [5, 5.41) is 2.33. The number of nitrogens with zero attached hydrogens (tertiary/aromatic N) is 2. The van der Waals surface area contributed by atoms with E-state index < -0.39 is 17.9 Å². The molecule has 0 spiro atoms. The van der Waals surface area contributed by atoms with Crippen LogP contribution < -0.4 is 5.32 Å². The Kier molecular flexibility index (Phi) is 4.13. The molecule has 0 aromatic rings. The van der Waals surface area contributed by atoms with E-state index in [9.17, 15) is 14.4 Å². The van der Waals surface area contributed by atoms with Gasteiger partial charge < -0.3 is 4.90 Å². The first-order valence-electron chi connectivity index (χ1n) is 7.19. The van der Waals surface area contributed by atoms with Gasteiger partial charge in [0.05, 0.1) is 0 Å². The second kappa shape index (κ2) is 5.52. The zero-order valence-electron chi connectivity index (χ0n) is 12.5. The minimum absolute atomic E-state index is 0.111. The average Bonchev–Trinajstić information content (AvgIpc) is 2.30. The molecule has 0 radical (unpaired) electrons. The molecule has 2 heterocycles. The predicted octanol–water partition coefficient (Wildman–Crippen LogP) is 0.677. The van der Waals surface area contributed by atoms with E-state index in [2.05, 4.69) is 10.2 Å². The van der Waals surface area contributed by atoms with Crippen LogP contribution in [0.15, 0.2) is 0 Å². The van der Waals surface area contributed by atoms with Crippen LogP contribution in [0.4, 0.5) is 4.79 Å². The molecule has 6 nitrogen and oxygen atoms in total. The van der Waals surface area contributed by atoms with Crippen molar-refractivity contribution in [3.05, 3.63) is 0 Å². The van der Waals surface area contributed by atoms with Gasteiger partial charge in [0, 0.05) is 12.6 Å². The molecule has 2 fully saturated rings. The molecule has 0 saturated carbocycles. The molecule has 2 aliphatic heterocycles. The van der Waals surface area contributed by atoms with E-state index in [-0.39, 0.29) is 23.8 Å². The van der Waals surface area contributed by atoms with E-state index in [1.165, 1.54) is 4.90 Å². The first-order chi connectivity index (χ1) is 9.32. The Morgan fingerprint density at radius 3 is 2.45 bits per heavy atom. The van der Waals surface area contributed by atoms with Crippen molar-refractivity contribution in [2.75, 3.05) is 20.1 Å². The van der Waals surface area contributed by atoms with Gasteiger partial charge in [0.2, 0.25) is 11.8 Å². The molecular weight excluding hydrogens is 258 g/mol. The molecule has 1 N–H and O–H groups in total. The molecule has 3 atom stereocenters. The van der Waals surface area contributed by atoms with Crippen LogP contribution in [0.3, 0.4) is 0 Å². The molecule has 4 amide bonds. The first-order valence-corrected chi connectivity index (χ1v) is 7.19. The van der Waals surface area contributed by atoms with E-state index in [0.29, 0.717) is 0 Å². The van der Waals surface area contributed by atoms with Gasteiger partial charge in [0.15, 0.2) is 0 Å². The SMILES string of the molecule is CC(C)C1C(=O)NC(=O)N(C2CCN(C)CC2C)C1=O. The molecule has 0 bridgehead atoms. The smallest absolute Gasteiger partial charge is 0.306 e. The Morgan fingerprint density at radius 2 is 1.90 bits per heavy atom. The van der Waals surface area contributed by atoms with E-state index in [0.717, 1.165) is 19.5 Å². The predicted molar refractivity (Wildman–Crippen MR) is 73.8 cm³/mol. The van der Waals surface area contributed by atoms with Gasteiger partial charge in [-0.3, -0.25) is 19.8 Å². The van der Waals surface area contributed by atoms with Crippen LogP contribution in [0.2, 0.25) is 0 Å². The van der Waals surface area contributed by atoms with Crippen molar-refractivity contribution in [2.24, 2.45) is 17.8 Å². The number of amides is 4. The number of rotatable bonds is 2. The third-order valence-electron chi connectivity index (χ3n) is 4.30. The molecule has 2 saturated heterocycles. The molecule has 2 aliphatic rings. The van der Waals surface area contributed by atoms with E-state index in [1.54, 1.807) is 0 Å². The summed E-state index contributed by atoms with van der Waals surface area (Å²) in [5.74, 6) is -1.45.